The number of carboxylic acid groups (broad SMARTS) is 1. The molecule has 0 saturated carbocycles. The fraction of sp³-hybridized carbons (Fsp3) is 0.0952. The zero-order chi connectivity index (χ0) is 17.0. The Bertz CT molecular complexity index is 811. The first-order valence-corrected chi connectivity index (χ1v) is 7.73. The van der Waals surface area contributed by atoms with E-state index in [1.165, 1.54) is 0 Å². The molecule has 1 atom stereocenters. The third-order valence-electron chi connectivity index (χ3n) is 4.02. The molecule has 0 aromatic heterocycles. The second kappa shape index (κ2) is 6.59. The third kappa shape index (κ3) is 3.15. The largest absolute Gasteiger partial charge is 0.478 e. The maximum atomic E-state index is 11.8. The SMILES string of the molecule is CC(Oc1ccc(-c2ccccc2)cc1)(C(=O)O)c1ccccc1. The summed E-state index contributed by atoms with van der Waals surface area (Å²) in [7, 11) is 0. The Labute approximate surface area is 141 Å². The minimum Gasteiger partial charge on any atom is -0.478 e. The topological polar surface area (TPSA) is 46.5 Å². The molecule has 0 bridgehead atoms. The van der Waals surface area contributed by atoms with E-state index < -0.39 is 11.6 Å². The van der Waals surface area contributed by atoms with E-state index in [9.17, 15) is 9.90 Å². The van der Waals surface area contributed by atoms with Gasteiger partial charge in [0.2, 0.25) is 5.60 Å². The molecule has 0 aliphatic carbocycles. The van der Waals surface area contributed by atoms with Crippen LogP contribution in [0.4, 0.5) is 0 Å². The van der Waals surface area contributed by atoms with Crippen LogP contribution >= 0.6 is 0 Å². The van der Waals surface area contributed by atoms with Gasteiger partial charge in [0.25, 0.3) is 0 Å². The van der Waals surface area contributed by atoms with Crippen LogP contribution < -0.4 is 4.74 Å². The summed E-state index contributed by atoms with van der Waals surface area (Å²) >= 11 is 0. The van der Waals surface area contributed by atoms with Crippen LogP contribution in [0.1, 0.15) is 12.5 Å². The highest BCUT2D eigenvalue weighted by molar-refractivity contribution is 5.79. The zero-order valence-corrected chi connectivity index (χ0v) is 13.3. The standard InChI is InChI=1S/C21H18O3/c1-21(20(22)23,18-10-6-3-7-11-18)24-19-14-12-17(13-15-19)16-8-4-2-5-9-16/h2-15H,1H3,(H,22,23). The number of benzene rings is 3. The van der Waals surface area contributed by atoms with Gasteiger partial charge in [0.05, 0.1) is 0 Å². The molecule has 0 aliphatic heterocycles. The molecule has 3 aromatic carbocycles. The maximum absolute atomic E-state index is 11.8. The summed E-state index contributed by atoms with van der Waals surface area (Å²) in [6, 6.07) is 26.4. The van der Waals surface area contributed by atoms with Gasteiger partial charge < -0.3 is 9.84 Å². The molecule has 1 N–H and O–H groups in total. The fourth-order valence-corrected chi connectivity index (χ4v) is 2.56. The Morgan fingerprint density at radius 1 is 0.792 bits per heavy atom. The van der Waals surface area contributed by atoms with Crippen LogP contribution in [-0.4, -0.2) is 11.1 Å². The lowest BCUT2D eigenvalue weighted by Crippen LogP contribution is -2.38. The van der Waals surface area contributed by atoms with Crippen LogP contribution in [0, 0.1) is 0 Å². The summed E-state index contributed by atoms with van der Waals surface area (Å²) in [5, 5.41) is 9.65. The number of hydrogen-bond donors (Lipinski definition) is 1. The summed E-state index contributed by atoms with van der Waals surface area (Å²) < 4.78 is 5.84. The Hall–Kier alpha value is -3.07. The average Bonchev–Trinajstić information content (AvgIpc) is 2.63. The highest BCUT2D eigenvalue weighted by Gasteiger charge is 2.37. The van der Waals surface area contributed by atoms with Gasteiger partial charge in [-0.25, -0.2) is 4.79 Å². The van der Waals surface area contributed by atoms with E-state index in [2.05, 4.69) is 0 Å². The van der Waals surface area contributed by atoms with Gasteiger partial charge in [-0.3, -0.25) is 0 Å². The summed E-state index contributed by atoms with van der Waals surface area (Å²) in [6.07, 6.45) is 0. The normalized spacial score (nSPS) is 13.0. The van der Waals surface area contributed by atoms with E-state index in [-0.39, 0.29) is 0 Å². The van der Waals surface area contributed by atoms with Crippen LogP contribution in [0.3, 0.4) is 0 Å². The van der Waals surface area contributed by atoms with E-state index in [1.54, 1.807) is 43.3 Å². The smallest absolute Gasteiger partial charge is 0.352 e. The van der Waals surface area contributed by atoms with Crippen molar-refractivity contribution in [1.82, 2.24) is 0 Å². The van der Waals surface area contributed by atoms with Gasteiger partial charge in [-0.2, -0.15) is 0 Å². The van der Waals surface area contributed by atoms with Gasteiger partial charge in [-0.15, -0.1) is 0 Å². The molecule has 24 heavy (non-hydrogen) atoms. The molecule has 0 radical (unpaired) electrons. The molecule has 3 heteroatoms. The van der Waals surface area contributed by atoms with Gasteiger partial charge in [-0.05, 0) is 30.2 Å². The Kier molecular flexibility index (Phi) is 4.34. The quantitative estimate of drug-likeness (QED) is 0.739. The van der Waals surface area contributed by atoms with Gasteiger partial charge >= 0.3 is 5.97 Å². The lowest BCUT2D eigenvalue weighted by atomic mass is 9.96. The van der Waals surface area contributed by atoms with E-state index in [4.69, 9.17) is 4.74 Å². The number of hydrogen-bond acceptors (Lipinski definition) is 2. The number of carbonyl (C=O) groups is 1. The van der Waals surface area contributed by atoms with E-state index in [0.29, 0.717) is 11.3 Å². The first kappa shape index (κ1) is 15.8. The number of carboxylic acids is 1. The molecule has 0 saturated heterocycles. The molecule has 3 rings (SSSR count). The van der Waals surface area contributed by atoms with Gasteiger partial charge in [0.15, 0.2) is 0 Å². The minimum absolute atomic E-state index is 0.517. The first-order chi connectivity index (χ1) is 11.6. The Morgan fingerprint density at radius 3 is 1.83 bits per heavy atom. The summed E-state index contributed by atoms with van der Waals surface area (Å²) in [4.78, 5) is 11.8. The molecule has 0 spiro atoms. The summed E-state index contributed by atoms with van der Waals surface area (Å²) in [5.74, 6) is -0.510. The molecule has 3 nitrogen and oxygen atoms in total. The van der Waals surface area contributed by atoms with Gasteiger partial charge in [0, 0.05) is 5.56 Å². The number of aliphatic carboxylic acids is 1. The fourth-order valence-electron chi connectivity index (χ4n) is 2.56. The Balaban J connectivity index is 1.88. The summed E-state index contributed by atoms with van der Waals surface area (Å²) in [6.45, 7) is 1.57. The van der Waals surface area contributed by atoms with Crippen LogP contribution in [0.2, 0.25) is 0 Å². The van der Waals surface area contributed by atoms with Crippen LogP contribution in [-0.2, 0) is 10.4 Å². The molecule has 0 amide bonds. The zero-order valence-electron chi connectivity index (χ0n) is 13.3. The molecule has 3 aromatic rings. The number of ether oxygens (including phenoxy) is 1. The van der Waals surface area contributed by atoms with Gasteiger partial charge in [0.1, 0.15) is 5.75 Å². The van der Waals surface area contributed by atoms with Gasteiger partial charge in [-0.1, -0.05) is 72.8 Å². The van der Waals surface area contributed by atoms with Crippen molar-refractivity contribution in [3.05, 3.63) is 90.5 Å². The molecular weight excluding hydrogens is 300 g/mol. The molecule has 0 fully saturated rings. The second-order valence-corrected chi connectivity index (χ2v) is 5.70. The average molecular weight is 318 g/mol. The highest BCUT2D eigenvalue weighted by Crippen LogP contribution is 2.30. The van der Waals surface area contributed by atoms with Crippen molar-refractivity contribution in [3.8, 4) is 16.9 Å². The predicted molar refractivity (Wildman–Crippen MR) is 93.9 cm³/mol. The second-order valence-electron chi connectivity index (χ2n) is 5.70. The lowest BCUT2D eigenvalue weighted by Gasteiger charge is -2.27. The van der Waals surface area contributed by atoms with E-state index in [0.717, 1.165) is 11.1 Å². The van der Waals surface area contributed by atoms with Crippen molar-refractivity contribution in [2.45, 2.75) is 12.5 Å². The maximum Gasteiger partial charge on any atom is 0.352 e. The van der Waals surface area contributed by atoms with Crippen molar-refractivity contribution >= 4 is 5.97 Å². The van der Waals surface area contributed by atoms with Crippen molar-refractivity contribution in [1.29, 1.82) is 0 Å². The van der Waals surface area contributed by atoms with Crippen molar-refractivity contribution in [3.63, 3.8) is 0 Å². The number of rotatable bonds is 5. The van der Waals surface area contributed by atoms with E-state index in [1.807, 2.05) is 48.5 Å². The van der Waals surface area contributed by atoms with Crippen molar-refractivity contribution < 1.29 is 14.6 Å². The van der Waals surface area contributed by atoms with Crippen molar-refractivity contribution in [2.24, 2.45) is 0 Å². The lowest BCUT2D eigenvalue weighted by molar-refractivity contribution is -0.154. The molecular formula is C21H18O3. The van der Waals surface area contributed by atoms with Crippen LogP contribution in [0.25, 0.3) is 11.1 Å². The minimum atomic E-state index is -1.43. The first-order valence-electron chi connectivity index (χ1n) is 7.73. The highest BCUT2D eigenvalue weighted by atomic mass is 16.5. The predicted octanol–water partition coefficient (Wildman–Crippen LogP) is 4.73. The molecule has 0 aliphatic rings. The molecule has 0 heterocycles. The van der Waals surface area contributed by atoms with Crippen molar-refractivity contribution in [2.75, 3.05) is 0 Å². The van der Waals surface area contributed by atoms with Crippen LogP contribution in [0.15, 0.2) is 84.9 Å². The van der Waals surface area contributed by atoms with E-state index >= 15 is 0 Å². The molecule has 1 unspecified atom stereocenters. The monoisotopic (exact) mass is 318 g/mol. The Morgan fingerprint density at radius 2 is 1.29 bits per heavy atom. The molecule has 120 valence electrons. The summed E-state index contributed by atoms with van der Waals surface area (Å²) in [5.41, 5.74) is 1.33. The third-order valence-corrected chi connectivity index (χ3v) is 4.02. The van der Waals surface area contributed by atoms with Crippen LogP contribution in [0.5, 0.6) is 5.75 Å².